The molecule has 1 saturated carbocycles. The van der Waals surface area contributed by atoms with E-state index in [4.69, 9.17) is 15.2 Å². The fourth-order valence-corrected chi connectivity index (χ4v) is 8.38. The summed E-state index contributed by atoms with van der Waals surface area (Å²) in [5.41, 5.74) is 11.8. The highest BCUT2D eigenvalue weighted by Crippen LogP contribution is 2.34. The van der Waals surface area contributed by atoms with Crippen LogP contribution in [-0.4, -0.2) is 70.4 Å². The molecule has 284 valence electrons. The number of rotatable bonds is 15. The summed E-state index contributed by atoms with van der Waals surface area (Å²) in [5.74, 6) is 8.51. The van der Waals surface area contributed by atoms with Gasteiger partial charge in [-0.3, -0.25) is 4.99 Å². The smallest absolute Gasteiger partial charge is 0.245 e. The molecule has 3 N–H and O–H groups in total. The molecule has 4 aromatic rings. The molecule has 11 heteroatoms. The van der Waals surface area contributed by atoms with E-state index in [9.17, 15) is 8.42 Å². The van der Waals surface area contributed by atoms with Gasteiger partial charge < -0.3 is 20.1 Å². The van der Waals surface area contributed by atoms with Gasteiger partial charge in [-0.15, -0.1) is 0 Å². The van der Waals surface area contributed by atoms with E-state index in [1.807, 2.05) is 54.6 Å². The van der Waals surface area contributed by atoms with Crippen LogP contribution in [0, 0.1) is 23.7 Å². The van der Waals surface area contributed by atoms with Crippen molar-refractivity contribution in [2.45, 2.75) is 56.4 Å². The third-order valence-electron chi connectivity index (χ3n) is 10.0. The first-order valence-electron chi connectivity index (χ1n) is 18.4. The number of anilines is 1. The van der Waals surface area contributed by atoms with E-state index >= 15 is 0 Å². The Balaban J connectivity index is 1.36. The van der Waals surface area contributed by atoms with Gasteiger partial charge in [-0.05, 0) is 87.2 Å². The summed E-state index contributed by atoms with van der Waals surface area (Å²) < 4.78 is 41.4. The molecule has 1 atom stereocenters. The van der Waals surface area contributed by atoms with Crippen molar-refractivity contribution in [3.8, 4) is 23.3 Å². The van der Waals surface area contributed by atoms with Crippen LogP contribution in [0.1, 0.15) is 79.4 Å². The first-order chi connectivity index (χ1) is 26.1. The second-order valence-corrected chi connectivity index (χ2v) is 15.4. The number of benzene rings is 3. The number of methoxy groups -OCH3 is 2. The number of aromatic nitrogens is 2. The zero-order valence-electron chi connectivity index (χ0n) is 32.0. The van der Waals surface area contributed by atoms with E-state index in [1.165, 1.54) is 32.2 Å². The van der Waals surface area contributed by atoms with Gasteiger partial charge in [0.05, 0.1) is 31.5 Å². The minimum atomic E-state index is -4.08. The Morgan fingerprint density at radius 2 is 1.70 bits per heavy atom. The number of hydrogen-bond donors (Lipinski definition) is 2. The van der Waals surface area contributed by atoms with E-state index in [2.05, 4.69) is 57.0 Å². The van der Waals surface area contributed by atoms with Crippen LogP contribution >= 0.6 is 0 Å². The Hall–Kier alpha value is -5.02. The number of ether oxygens (including phenoxy) is 2. The van der Waals surface area contributed by atoms with Crippen LogP contribution < -0.4 is 19.9 Å². The summed E-state index contributed by atoms with van der Waals surface area (Å²) >= 11 is 0. The molecule has 1 heterocycles. The highest BCUT2D eigenvalue weighted by Gasteiger charge is 2.27. The zero-order chi connectivity index (χ0) is 38.7. The van der Waals surface area contributed by atoms with Crippen molar-refractivity contribution in [2.75, 3.05) is 47.1 Å². The summed E-state index contributed by atoms with van der Waals surface area (Å²) in [6, 6.07) is 20.9. The topological polar surface area (TPSA) is 132 Å². The summed E-state index contributed by atoms with van der Waals surface area (Å²) in [7, 11) is 2.71. The van der Waals surface area contributed by atoms with E-state index < -0.39 is 16.1 Å². The van der Waals surface area contributed by atoms with Crippen molar-refractivity contribution in [3.05, 3.63) is 119 Å². The lowest BCUT2D eigenvalue weighted by Crippen LogP contribution is -2.30. The van der Waals surface area contributed by atoms with Crippen LogP contribution in [0.15, 0.2) is 101 Å². The van der Waals surface area contributed by atoms with E-state index in [0.717, 1.165) is 68.3 Å². The molecule has 0 bridgehead atoms. The Morgan fingerprint density at radius 3 is 2.35 bits per heavy atom. The van der Waals surface area contributed by atoms with Crippen LogP contribution in [0.3, 0.4) is 0 Å². The standard InChI is InChI=1S/C43H52N6O4S/c1-7-26-49(4)27-25-30(2)32-16-13-31(14-17-32)15-23-37-40(43(44)47-29-46-37)42(45-3)35-20-18-34(19-21-35)41(33-11-9-8-10-12-33)48-54(50,51)39-28-36(52-5)22-24-38(39)53-6/h8-12,18-22,24,28-29,31-32,41,48H,2,7,13-14,16-17,25-27H2,1,3-6H3,(H2,44,46,47). The predicted octanol–water partition coefficient (Wildman–Crippen LogP) is 7.06. The average Bonchev–Trinajstić information content (AvgIpc) is 3.20. The Bertz CT molecular complexity index is 2080. The fourth-order valence-electron chi connectivity index (χ4n) is 6.98. The lowest BCUT2D eigenvalue weighted by molar-refractivity contribution is 0.314. The molecule has 1 unspecified atom stereocenters. The quantitative estimate of drug-likeness (QED) is 0.0751. The molecule has 1 aliphatic carbocycles. The van der Waals surface area contributed by atoms with Crippen molar-refractivity contribution >= 4 is 21.6 Å². The van der Waals surface area contributed by atoms with Crippen LogP contribution in [0.4, 0.5) is 5.82 Å². The van der Waals surface area contributed by atoms with Crippen molar-refractivity contribution in [1.82, 2.24) is 19.6 Å². The minimum Gasteiger partial charge on any atom is -0.497 e. The monoisotopic (exact) mass is 748 g/mol. The van der Waals surface area contributed by atoms with Crippen molar-refractivity contribution in [1.29, 1.82) is 0 Å². The maximum absolute atomic E-state index is 13.9. The van der Waals surface area contributed by atoms with Gasteiger partial charge in [0.2, 0.25) is 10.0 Å². The minimum absolute atomic E-state index is 0.0279. The SMILES string of the molecule is C=C(CCN(C)CCC)C1CCC(C#Cc2ncnc(N)c2C(=NC)c2ccc(C(NS(=O)(=O)c3cc(OC)ccc3OC)c3ccccc3)cc2)CC1. The van der Waals surface area contributed by atoms with Crippen molar-refractivity contribution < 1.29 is 17.9 Å². The molecule has 1 aliphatic rings. The normalized spacial score (nSPS) is 16.7. The molecule has 0 radical (unpaired) electrons. The lowest BCUT2D eigenvalue weighted by atomic mass is 9.78. The Kier molecular flexibility index (Phi) is 14.0. The fraction of sp³-hybridized carbons (Fsp3) is 0.372. The van der Waals surface area contributed by atoms with E-state index in [0.29, 0.717) is 28.6 Å². The Morgan fingerprint density at radius 1 is 1.00 bits per heavy atom. The van der Waals surface area contributed by atoms with Gasteiger partial charge in [-0.1, -0.05) is 79.6 Å². The molecule has 5 rings (SSSR count). The van der Waals surface area contributed by atoms with Crippen LogP contribution in [-0.2, 0) is 10.0 Å². The van der Waals surface area contributed by atoms with Crippen molar-refractivity contribution in [2.24, 2.45) is 16.8 Å². The number of sulfonamides is 1. The molecule has 10 nitrogen and oxygen atoms in total. The number of nitrogens with zero attached hydrogens (tertiary/aromatic N) is 4. The van der Waals surface area contributed by atoms with Crippen LogP contribution in [0.5, 0.6) is 11.5 Å². The molecular formula is C43H52N6O4S. The molecule has 3 aromatic carbocycles. The second-order valence-electron chi connectivity index (χ2n) is 13.7. The number of hydrogen-bond acceptors (Lipinski definition) is 9. The molecule has 54 heavy (non-hydrogen) atoms. The van der Waals surface area contributed by atoms with Gasteiger partial charge in [0.25, 0.3) is 0 Å². The highest BCUT2D eigenvalue weighted by molar-refractivity contribution is 7.89. The van der Waals surface area contributed by atoms with Gasteiger partial charge in [-0.25, -0.2) is 18.4 Å². The predicted molar refractivity (Wildman–Crippen MR) is 216 cm³/mol. The molecule has 1 fully saturated rings. The summed E-state index contributed by atoms with van der Waals surface area (Å²) in [5, 5.41) is 0. The lowest BCUT2D eigenvalue weighted by Gasteiger charge is -2.28. The maximum Gasteiger partial charge on any atom is 0.245 e. The first-order valence-corrected chi connectivity index (χ1v) is 19.9. The van der Waals surface area contributed by atoms with E-state index in [-0.39, 0.29) is 22.4 Å². The van der Waals surface area contributed by atoms with Gasteiger partial charge in [-0.2, -0.15) is 4.72 Å². The first kappa shape index (κ1) is 40.2. The van der Waals surface area contributed by atoms with Crippen LogP contribution in [0.2, 0.25) is 0 Å². The summed E-state index contributed by atoms with van der Waals surface area (Å²) in [6.45, 7) is 8.81. The van der Waals surface area contributed by atoms with Gasteiger partial charge in [0, 0.05) is 31.1 Å². The average molecular weight is 749 g/mol. The summed E-state index contributed by atoms with van der Waals surface area (Å²) in [6.07, 6.45) is 7.86. The number of nitrogens with one attached hydrogen (secondary N) is 1. The van der Waals surface area contributed by atoms with Crippen LogP contribution in [0.25, 0.3) is 0 Å². The van der Waals surface area contributed by atoms with Gasteiger partial charge in [0.1, 0.15) is 34.2 Å². The number of aliphatic imine (C=N–C) groups is 1. The summed E-state index contributed by atoms with van der Waals surface area (Å²) in [4.78, 5) is 15.8. The molecular weight excluding hydrogens is 697 g/mol. The number of nitrogens with two attached hydrogens (primary N) is 1. The zero-order valence-corrected chi connectivity index (χ0v) is 32.8. The van der Waals surface area contributed by atoms with Gasteiger partial charge in [0.15, 0.2) is 0 Å². The number of nitrogen functional groups attached to an aromatic ring is 1. The highest BCUT2D eigenvalue weighted by atomic mass is 32.2. The van der Waals surface area contributed by atoms with Gasteiger partial charge >= 0.3 is 0 Å². The second kappa shape index (κ2) is 18.8. The third-order valence-corrected chi connectivity index (χ3v) is 11.5. The van der Waals surface area contributed by atoms with E-state index in [1.54, 1.807) is 19.2 Å². The molecule has 0 aliphatic heterocycles. The molecule has 0 amide bonds. The molecule has 0 saturated heterocycles. The van der Waals surface area contributed by atoms with Crippen molar-refractivity contribution in [3.63, 3.8) is 0 Å². The molecule has 1 aromatic heterocycles. The Labute approximate surface area is 321 Å². The molecule has 0 spiro atoms. The third kappa shape index (κ3) is 9.94. The maximum atomic E-state index is 13.9. The largest absolute Gasteiger partial charge is 0.497 e.